The standard InChI is InChI=1S/C50H63N7O8/c1-9-43(59)55-20-17-33(27-55)47(61)54(7)44(30(3)4)46(60)52-40-23-31-21-34(24-35(58)22-31)32-15-16-42-37(25-32)38(45(56(42)10-2)36-13-11-18-51-41(36)28-64-8)26-50(5,6)29-65-49(63)39-14-12-19-57(53-39)48(40)62/h9,11,13,15-16,18,21-22,24-25,30,33,39-40,44,53,58H,1,10,12,14,17,19-20,23,26-29H2,2-8H3,(H,52,60)/t33-,39-,40-,44?/m0/s1. The molecular formula is C50H63N7O8. The summed E-state index contributed by atoms with van der Waals surface area (Å²) in [5, 5.41) is 16.7. The van der Waals surface area contributed by atoms with Gasteiger partial charge in [-0.1, -0.05) is 46.4 Å². The molecule has 7 rings (SSSR count). The van der Waals surface area contributed by atoms with Gasteiger partial charge in [-0.25, -0.2) is 5.43 Å². The number of hydrogen-bond donors (Lipinski definition) is 3. The van der Waals surface area contributed by atoms with Gasteiger partial charge >= 0.3 is 5.97 Å². The summed E-state index contributed by atoms with van der Waals surface area (Å²) in [5.74, 6) is -2.86. The fourth-order valence-corrected chi connectivity index (χ4v) is 9.82. The molecule has 4 amide bonds. The monoisotopic (exact) mass is 889 g/mol. The van der Waals surface area contributed by atoms with Gasteiger partial charge in [0.05, 0.1) is 30.5 Å². The molecular weight excluding hydrogens is 827 g/mol. The molecule has 3 aliphatic heterocycles. The summed E-state index contributed by atoms with van der Waals surface area (Å²) in [4.78, 5) is 77.0. The highest BCUT2D eigenvalue weighted by Crippen LogP contribution is 2.41. The van der Waals surface area contributed by atoms with Gasteiger partial charge < -0.3 is 34.3 Å². The first-order chi connectivity index (χ1) is 31.0. The number of esters is 1. The van der Waals surface area contributed by atoms with Crippen molar-refractivity contribution < 1.29 is 38.6 Å². The Morgan fingerprint density at radius 3 is 2.62 bits per heavy atom. The van der Waals surface area contributed by atoms with E-state index in [0.717, 1.165) is 39.0 Å². The van der Waals surface area contributed by atoms with E-state index in [1.54, 1.807) is 37.4 Å². The zero-order valence-corrected chi connectivity index (χ0v) is 38.7. The first kappa shape index (κ1) is 46.9. The summed E-state index contributed by atoms with van der Waals surface area (Å²) in [6, 6.07) is 12.5. The third-order valence-corrected chi connectivity index (χ3v) is 13.0. The van der Waals surface area contributed by atoms with Crippen LogP contribution in [-0.2, 0) is 59.4 Å². The van der Waals surface area contributed by atoms with Crippen molar-refractivity contribution in [2.24, 2.45) is 17.3 Å². The number of rotatable bonds is 10. The van der Waals surface area contributed by atoms with Gasteiger partial charge in [0.1, 0.15) is 23.9 Å². The second-order valence-electron chi connectivity index (χ2n) is 18.8. The number of nitrogens with one attached hydrogen (secondary N) is 2. The van der Waals surface area contributed by atoms with E-state index >= 15 is 0 Å². The average Bonchev–Trinajstić information content (AvgIpc) is 3.90. The minimum Gasteiger partial charge on any atom is -0.508 e. The molecule has 2 aromatic heterocycles. The number of carbonyl (C=O) groups excluding carboxylic acids is 5. The summed E-state index contributed by atoms with van der Waals surface area (Å²) in [6.07, 6.45) is 4.93. The Morgan fingerprint density at radius 1 is 1.11 bits per heavy atom. The number of aromatic nitrogens is 2. The van der Waals surface area contributed by atoms with Crippen LogP contribution in [0.4, 0.5) is 0 Å². The van der Waals surface area contributed by atoms with E-state index in [2.05, 4.69) is 60.9 Å². The lowest BCUT2D eigenvalue weighted by Gasteiger charge is -2.37. The summed E-state index contributed by atoms with van der Waals surface area (Å²) in [7, 11) is 3.23. The Hall–Kier alpha value is -6.06. The molecule has 346 valence electrons. The Morgan fingerprint density at radius 2 is 1.89 bits per heavy atom. The molecule has 0 aliphatic carbocycles. The van der Waals surface area contributed by atoms with Crippen LogP contribution < -0.4 is 10.7 Å². The number of phenolic OH excluding ortho intramolecular Hbond substituents is 1. The Kier molecular flexibility index (Phi) is 14.1. The van der Waals surface area contributed by atoms with Crippen LogP contribution in [0.2, 0.25) is 0 Å². The number of pyridine rings is 1. The van der Waals surface area contributed by atoms with Crippen molar-refractivity contribution in [1.29, 1.82) is 0 Å². The molecule has 2 aromatic carbocycles. The van der Waals surface area contributed by atoms with Crippen LogP contribution in [0, 0.1) is 17.3 Å². The second kappa shape index (κ2) is 19.6. The van der Waals surface area contributed by atoms with Gasteiger partial charge in [0.2, 0.25) is 17.7 Å². The highest BCUT2D eigenvalue weighted by atomic mass is 16.5. The number of likely N-dealkylation sites (tertiary alicyclic amines) is 1. The summed E-state index contributed by atoms with van der Waals surface area (Å²) in [5.41, 5.74) is 9.54. The Bertz CT molecular complexity index is 2480. The minimum atomic E-state index is -1.16. The third kappa shape index (κ3) is 9.96. The van der Waals surface area contributed by atoms with E-state index in [-0.39, 0.29) is 49.6 Å². The highest BCUT2D eigenvalue weighted by Gasteiger charge is 2.40. The Labute approximate surface area is 381 Å². The molecule has 1 unspecified atom stereocenters. The number of carbonyl (C=O) groups is 5. The van der Waals surface area contributed by atoms with E-state index in [4.69, 9.17) is 14.5 Å². The molecule has 4 aromatic rings. The van der Waals surface area contributed by atoms with E-state index < -0.39 is 47.2 Å². The van der Waals surface area contributed by atoms with Crippen LogP contribution in [0.3, 0.4) is 0 Å². The van der Waals surface area contributed by atoms with E-state index in [1.807, 2.05) is 32.0 Å². The largest absolute Gasteiger partial charge is 0.508 e. The molecule has 0 saturated carbocycles. The number of benzene rings is 2. The molecule has 0 spiro atoms. The number of aromatic hydroxyl groups is 1. The lowest BCUT2D eigenvalue weighted by molar-refractivity contribution is -0.155. The number of ether oxygens (including phenoxy) is 2. The van der Waals surface area contributed by atoms with Gasteiger partial charge in [-0.05, 0) is 103 Å². The molecule has 3 N–H and O–H groups in total. The average molecular weight is 890 g/mol. The number of nitrogens with zero attached hydrogens (tertiary/aromatic N) is 5. The highest BCUT2D eigenvalue weighted by molar-refractivity contribution is 5.96. The number of hydrazine groups is 1. The first-order valence-corrected chi connectivity index (χ1v) is 22.7. The summed E-state index contributed by atoms with van der Waals surface area (Å²) < 4.78 is 14.0. The van der Waals surface area contributed by atoms with Gasteiger partial charge in [0.25, 0.3) is 5.91 Å². The number of fused-ring (bicyclic) bond motifs is 6. The molecule has 2 fully saturated rings. The predicted molar refractivity (Wildman–Crippen MR) is 247 cm³/mol. The third-order valence-electron chi connectivity index (χ3n) is 13.0. The van der Waals surface area contributed by atoms with Crippen molar-refractivity contribution >= 4 is 40.5 Å². The van der Waals surface area contributed by atoms with Crippen molar-refractivity contribution in [3.8, 4) is 28.1 Å². The normalized spacial score (nSPS) is 20.6. The maximum atomic E-state index is 14.7. The number of methoxy groups -OCH3 is 1. The molecule has 3 aliphatic rings. The SMILES string of the molecule is C=CC(=O)N1CC[C@H](C(=O)N(C)C(C(=O)N[C@H]2Cc3cc(O)cc(c3)-c3ccc4c(c3)c(c(-c3cccnc3COC)n4CC)CC(C)(C)COC(=O)[C@@H]3CCCN(N3)C2=O)C(C)C)C1. The zero-order valence-electron chi connectivity index (χ0n) is 38.7. The van der Waals surface area contributed by atoms with Crippen molar-refractivity contribution in [1.82, 2.24) is 35.1 Å². The molecule has 0 radical (unpaired) electrons. The van der Waals surface area contributed by atoms with Gasteiger partial charge in [0, 0.05) is 74.8 Å². The van der Waals surface area contributed by atoms with E-state index in [0.29, 0.717) is 56.5 Å². The number of cyclic esters (lactones) is 1. The van der Waals surface area contributed by atoms with Crippen LogP contribution in [0.25, 0.3) is 33.3 Å². The molecule has 6 bridgehead atoms. The number of likely N-dealkylation sites (N-methyl/N-ethyl adjacent to an activating group) is 1. The van der Waals surface area contributed by atoms with Crippen molar-refractivity contribution in [3.63, 3.8) is 0 Å². The topological polar surface area (TPSA) is 176 Å². The first-order valence-electron chi connectivity index (χ1n) is 22.7. The van der Waals surface area contributed by atoms with Crippen LogP contribution in [-0.4, -0.2) is 118 Å². The molecule has 5 heterocycles. The predicted octanol–water partition coefficient (Wildman–Crippen LogP) is 5.41. The van der Waals surface area contributed by atoms with Crippen LogP contribution in [0.5, 0.6) is 5.75 Å². The second-order valence-corrected chi connectivity index (χ2v) is 18.8. The molecule has 2 saturated heterocycles. The number of aryl methyl sites for hydroxylation is 1. The van der Waals surface area contributed by atoms with E-state index in [9.17, 15) is 29.1 Å². The lowest BCUT2D eigenvalue weighted by Crippen LogP contribution is -2.62. The lowest BCUT2D eigenvalue weighted by atomic mass is 9.84. The Balaban J connectivity index is 1.30. The number of hydrogen-bond acceptors (Lipinski definition) is 10. The summed E-state index contributed by atoms with van der Waals surface area (Å²) >= 11 is 0. The molecule has 15 heteroatoms. The zero-order chi connectivity index (χ0) is 46.7. The smallest absolute Gasteiger partial charge is 0.324 e. The summed E-state index contributed by atoms with van der Waals surface area (Å²) in [6.45, 7) is 15.5. The molecule has 65 heavy (non-hydrogen) atoms. The molecule has 15 nitrogen and oxygen atoms in total. The van der Waals surface area contributed by atoms with Crippen molar-refractivity contribution in [2.75, 3.05) is 40.4 Å². The van der Waals surface area contributed by atoms with Gasteiger partial charge in [-0.2, -0.15) is 0 Å². The van der Waals surface area contributed by atoms with Crippen molar-refractivity contribution in [3.05, 3.63) is 84.2 Å². The number of amides is 4. The van der Waals surface area contributed by atoms with Crippen LogP contribution in [0.1, 0.15) is 70.7 Å². The quantitative estimate of drug-likeness (QED) is 0.138. The van der Waals surface area contributed by atoms with E-state index in [1.165, 1.54) is 16.0 Å². The fraction of sp³-hybridized carbons (Fsp3) is 0.480. The van der Waals surface area contributed by atoms with Gasteiger partial charge in [-0.15, -0.1) is 0 Å². The maximum Gasteiger partial charge on any atom is 0.324 e. The minimum absolute atomic E-state index is 0.00960. The molecule has 4 atom stereocenters. The van der Waals surface area contributed by atoms with Crippen LogP contribution >= 0.6 is 0 Å². The van der Waals surface area contributed by atoms with Crippen LogP contribution in [0.15, 0.2) is 67.4 Å². The fourth-order valence-electron chi connectivity index (χ4n) is 9.82. The van der Waals surface area contributed by atoms with Crippen molar-refractivity contribution in [2.45, 2.75) is 98.0 Å². The number of phenols is 1. The maximum absolute atomic E-state index is 14.7. The van der Waals surface area contributed by atoms with Gasteiger partial charge in [-0.3, -0.25) is 34.0 Å². The van der Waals surface area contributed by atoms with Gasteiger partial charge in [0.15, 0.2) is 0 Å².